The van der Waals surface area contributed by atoms with Gasteiger partial charge in [-0.15, -0.1) is 0 Å². The second kappa shape index (κ2) is 6.61. The molecular weight excluding hydrogens is 260 g/mol. The molecule has 0 spiro atoms. The molecule has 2 rings (SSSR count). The summed E-state index contributed by atoms with van der Waals surface area (Å²) in [6.07, 6.45) is 0.854. The number of benzene rings is 1. The number of rotatable bonds is 7. The van der Waals surface area contributed by atoms with Crippen molar-refractivity contribution in [1.29, 1.82) is 0 Å². The topological polar surface area (TPSA) is 54.0 Å². The van der Waals surface area contributed by atoms with Gasteiger partial charge in [0.1, 0.15) is 11.5 Å². The van der Waals surface area contributed by atoms with Gasteiger partial charge in [0.15, 0.2) is 0 Å². The second-order valence-corrected chi connectivity index (χ2v) is 4.82. The van der Waals surface area contributed by atoms with E-state index in [0.717, 1.165) is 23.5 Å². The Balaban J connectivity index is 1.81. The molecule has 0 heterocycles. The molecule has 2 unspecified atom stereocenters. The van der Waals surface area contributed by atoms with Crippen LogP contribution in [0.5, 0.6) is 11.5 Å². The third-order valence-corrected chi connectivity index (χ3v) is 3.51. The Hall–Kier alpha value is -1.75. The smallest absolute Gasteiger partial charge is 0.309 e. The highest BCUT2D eigenvalue weighted by Gasteiger charge is 2.43. The lowest BCUT2D eigenvalue weighted by atomic mass is 10.2. The summed E-state index contributed by atoms with van der Waals surface area (Å²) in [5, 5.41) is 0. The number of esters is 1. The number of ether oxygens (including phenoxy) is 4. The lowest BCUT2D eigenvalue weighted by Crippen LogP contribution is -2.07. The fourth-order valence-electron chi connectivity index (χ4n) is 2.16. The van der Waals surface area contributed by atoms with Crippen molar-refractivity contribution in [1.82, 2.24) is 0 Å². The maximum atomic E-state index is 11.3. The van der Waals surface area contributed by atoms with E-state index in [2.05, 4.69) is 0 Å². The fourth-order valence-corrected chi connectivity index (χ4v) is 2.16. The predicted octanol–water partition coefficient (Wildman–Crippen LogP) is 2.03. The molecule has 5 nitrogen and oxygen atoms in total. The van der Waals surface area contributed by atoms with Crippen LogP contribution in [0.25, 0.3) is 0 Å². The molecule has 0 saturated heterocycles. The quantitative estimate of drug-likeness (QED) is 0.715. The number of hydrogen-bond donors (Lipinski definition) is 0. The summed E-state index contributed by atoms with van der Waals surface area (Å²) in [5.41, 5.74) is 0.962. The van der Waals surface area contributed by atoms with E-state index in [0.29, 0.717) is 13.2 Å². The molecule has 1 fully saturated rings. The third kappa shape index (κ3) is 3.42. The van der Waals surface area contributed by atoms with Crippen LogP contribution in [0.4, 0.5) is 0 Å². The van der Waals surface area contributed by atoms with Crippen molar-refractivity contribution in [2.24, 2.45) is 11.8 Å². The lowest BCUT2D eigenvalue weighted by Gasteiger charge is -2.10. The largest absolute Gasteiger partial charge is 0.497 e. The molecule has 1 aliphatic rings. The highest BCUT2D eigenvalue weighted by molar-refractivity contribution is 5.75. The first-order chi connectivity index (χ1) is 9.69. The molecule has 1 aromatic rings. The molecular formula is C15H20O5. The van der Waals surface area contributed by atoms with E-state index in [1.165, 1.54) is 7.11 Å². The highest BCUT2D eigenvalue weighted by atomic mass is 16.5. The van der Waals surface area contributed by atoms with Gasteiger partial charge in [0, 0.05) is 11.6 Å². The van der Waals surface area contributed by atoms with E-state index in [1.807, 2.05) is 18.2 Å². The van der Waals surface area contributed by atoms with Crippen LogP contribution in [-0.2, 0) is 20.9 Å². The Labute approximate surface area is 118 Å². The standard InChI is InChI=1S/C15H20O5/c1-17-12-5-4-10(14(7-12)18-2)8-20-9-11-6-13(11)15(16)19-3/h4-5,7,11,13H,6,8-9H2,1-3H3. The van der Waals surface area contributed by atoms with Crippen LogP contribution < -0.4 is 9.47 Å². The van der Waals surface area contributed by atoms with Gasteiger partial charge in [0.05, 0.1) is 40.5 Å². The molecule has 0 aliphatic heterocycles. The first-order valence-corrected chi connectivity index (χ1v) is 6.56. The minimum absolute atomic E-state index is 0.0118. The van der Waals surface area contributed by atoms with Crippen molar-refractivity contribution in [3.63, 3.8) is 0 Å². The van der Waals surface area contributed by atoms with E-state index >= 15 is 0 Å². The lowest BCUT2D eigenvalue weighted by molar-refractivity contribution is -0.142. The Kier molecular flexibility index (Phi) is 4.84. The van der Waals surface area contributed by atoms with E-state index in [-0.39, 0.29) is 17.8 Å². The van der Waals surface area contributed by atoms with Gasteiger partial charge in [0.2, 0.25) is 0 Å². The Bertz CT molecular complexity index is 471. The van der Waals surface area contributed by atoms with Gasteiger partial charge in [-0.1, -0.05) is 0 Å². The van der Waals surface area contributed by atoms with Crippen LogP contribution in [0.1, 0.15) is 12.0 Å². The molecule has 1 saturated carbocycles. The average molecular weight is 280 g/mol. The molecule has 110 valence electrons. The first-order valence-electron chi connectivity index (χ1n) is 6.56. The summed E-state index contributed by atoms with van der Waals surface area (Å²) in [6.45, 7) is 1.02. The van der Waals surface area contributed by atoms with E-state index in [4.69, 9.17) is 18.9 Å². The Morgan fingerprint density at radius 2 is 2.05 bits per heavy atom. The third-order valence-electron chi connectivity index (χ3n) is 3.51. The van der Waals surface area contributed by atoms with Gasteiger partial charge in [-0.3, -0.25) is 4.79 Å². The van der Waals surface area contributed by atoms with Crippen molar-refractivity contribution >= 4 is 5.97 Å². The number of carbonyl (C=O) groups is 1. The molecule has 1 aliphatic carbocycles. The van der Waals surface area contributed by atoms with Crippen molar-refractivity contribution in [3.05, 3.63) is 23.8 Å². The molecule has 0 bridgehead atoms. The summed E-state index contributed by atoms with van der Waals surface area (Å²) < 4.78 is 20.8. The summed E-state index contributed by atoms with van der Waals surface area (Å²) in [7, 11) is 4.65. The molecule has 0 aromatic heterocycles. The Morgan fingerprint density at radius 3 is 2.70 bits per heavy atom. The number of hydrogen-bond acceptors (Lipinski definition) is 5. The van der Waals surface area contributed by atoms with Crippen LogP contribution in [-0.4, -0.2) is 33.9 Å². The van der Waals surface area contributed by atoms with Crippen LogP contribution in [0.2, 0.25) is 0 Å². The van der Waals surface area contributed by atoms with Gasteiger partial charge in [-0.2, -0.15) is 0 Å². The normalized spacial score (nSPS) is 20.4. The molecule has 20 heavy (non-hydrogen) atoms. The van der Waals surface area contributed by atoms with Crippen LogP contribution in [0, 0.1) is 11.8 Å². The number of carbonyl (C=O) groups excluding carboxylic acids is 1. The maximum Gasteiger partial charge on any atom is 0.309 e. The van der Waals surface area contributed by atoms with Gasteiger partial charge in [0.25, 0.3) is 0 Å². The zero-order valence-corrected chi connectivity index (χ0v) is 12.0. The molecule has 0 amide bonds. The monoisotopic (exact) mass is 280 g/mol. The zero-order chi connectivity index (χ0) is 14.5. The summed E-state index contributed by atoms with van der Waals surface area (Å²) in [4.78, 5) is 11.3. The minimum Gasteiger partial charge on any atom is -0.497 e. The van der Waals surface area contributed by atoms with Crippen molar-refractivity contribution in [2.75, 3.05) is 27.9 Å². The Morgan fingerprint density at radius 1 is 1.25 bits per heavy atom. The van der Waals surface area contributed by atoms with Gasteiger partial charge in [-0.25, -0.2) is 0 Å². The molecule has 5 heteroatoms. The molecule has 0 N–H and O–H groups in total. The second-order valence-electron chi connectivity index (χ2n) is 4.82. The summed E-state index contributed by atoms with van der Waals surface area (Å²) in [6, 6.07) is 5.62. The van der Waals surface area contributed by atoms with Crippen molar-refractivity contribution in [3.8, 4) is 11.5 Å². The molecule has 0 radical (unpaired) electrons. The van der Waals surface area contributed by atoms with Crippen molar-refractivity contribution < 1.29 is 23.7 Å². The first kappa shape index (κ1) is 14.7. The maximum absolute atomic E-state index is 11.3. The molecule has 2 atom stereocenters. The fraction of sp³-hybridized carbons (Fsp3) is 0.533. The zero-order valence-electron chi connectivity index (χ0n) is 12.0. The van der Waals surface area contributed by atoms with E-state index in [1.54, 1.807) is 14.2 Å². The SMILES string of the molecule is COC(=O)C1CC1COCc1ccc(OC)cc1OC. The van der Waals surface area contributed by atoms with Crippen LogP contribution in [0.15, 0.2) is 18.2 Å². The average Bonchev–Trinajstić information content (AvgIpc) is 3.26. The minimum atomic E-state index is -0.138. The van der Waals surface area contributed by atoms with Crippen LogP contribution >= 0.6 is 0 Å². The summed E-state index contributed by atoms with van der Waals surface area (Å²) >= 11 is 0. The predicted molar refractivity (Wildman–Crippen MR) is 72.8 cm³/mol. The highest BCUT2D eigenvalue weighted by Crippen LogP contribution is 2.39. The van der Waals surface area contributed by atoms with E-state index in [9.17, 15) is 4.79 Å². The van der Waals surface area contributed by atoms with E-state index < -0.39 is 0 Å². The van der Waals surface area contributed by atoms with Gasteiger partial charge < -0.3 is 18.9 Å². The number of methoxy groups -OCH3 is 3. The summed E-state index contributed by atoms with van der Waals surface area (Å²) in [5.74, 6) is 1.65. The molecule has 1 aromatic carbocycles. The van der Waals surface area contributed by atoms with Crippen LogP contribution in [0.3, 0.4) is 0 Å². The van der Waals surface area contributed by atoms with Crippen molar-refractivity contribution in [2.45, 2.75) is 13.0 Å². The van der Waals surface area contributed by atoms with Gasteiger partial charge in [-0.05, 0) is 24.5 Å². The van der Waals surface area contributed by atoms with Gasteiger partial charge >= 0.3 is 5.97 Å².